The molecule has 4 rings (SSSR count). The molecule has 4 aliphatic rings. The van der Waals surface area contributed by atoms with E-state index >= 15 is 0 Å². The van der Waals surface area contributed by atoms with E-state index in [1.165, 1.54) is 0 Å². The lowest BCUT2D eigenvalue weighted by molar-refractivity contribution is -0.190. The van der Waals surface area contributed by atoms with E-state index in [2.05, 4.69) is 39.9 Å². The van der Waals surface area contributed by atoms with Gasteiger partial charge >= 0.3 is 11.9 Å². The van der Waals surface area contributed by atoms with Gasteiger partial charge in [0.1, 0.15) is 12.9 Å². The number of hydrogen-bond acceptors (Lipinski definition) is 8. The Labute approximate surface area is 235 Å². The summed E-state index contributed by atoms with van der Waals surface area (Å²) < 4.78 is 36.1. The van der Waals surface area contributed by atoms with E-state index in [1.54, 1.807) is 7.11 Å². The van der Waals surface area contributed by atoms with Crippen molar-refractivity contribution in [3.63, 3.8) is 0 Å². The van der Waals surface area contributed by atoms with Crippen LogP contribution >= 0.6 is 0 Å². The van der Waals surface area contributed by atoms with Gasteiger partial charge in [0.15, 0.2) is 8.32 Å². The Morgan fingerprint density at radius 1 is 1.10 bits per heavy atom. The summed E-state index contributed by atoms with van der Waals surface area (Å²) in [5, 5.41) is 0.0836. The molecule has 8 nitrogen and oxygen atoms in total. The van der Waals surface area contributed by atoms with Gasteiger partial charge in [-0.25, -0.2) is 4.79 Å². The molecule has 0 unspecified atom stereocenters. The molecular formula is C30H50O8Si. The number of ether oxygens (including phenoxy) is 5. The van der Waals surface area contributed by atoms with Crippen LogP contribution in [0.1, 0.15) is 73.6 Å². The fourth-order valence-electron chi connectivity index (χ4n) is 6.82. The van der Waals surface area contributed by atoms with Crippen molar-refractivity contribution in [2.24, 2.45) is 22.7 Å². The number of carbonyl (C=O) groups is 2. The maximum Gasteiger partial charge on any atom is 0.351 e. The number of esters is 2. The van der Waals surface area contributed by atoms with Crippen molar-refractivity contribution in [1.29, 1.82) is 0 Å². The van der Waals surface area contributed by atoms with Crippen LogP contribution in [0.3, 0.4) is 0 Å². The van der Waals surface area contributed by atoms with Gasteiger partial charge in [-0.05, 0) is 69.2 Å². The summed E-state index contributed by atoms with van der Waals surface area (Å²) in [4.78, 5) is 26.8. The van der Waals surface area contributed by atoms with E-state index in [1.807, 2.05) is 26.8 Å². The first kappa shape index (κ1) is 30.7. The van der Waals surface area contributed by atoms with Crippen LogP contribution in [0.25, 0.3) is 0 Å². The Bertz CT molecular complexity index is 955. The summed E-state index contributed by atoms with van der Waals surface area (Å²) in [6, 6.07) is 0. The highest BCUT2D eigenvalue weighted by Crippen LogP contribution is 2.66. The molecule has 0 aromatic rings. The topological polar surface area (TPSA) is 89.5 Å². The minimum Gasteiger partial charge on any atom is -0.455 e. The Morgan fingerprint density at radius 2 is 1.82 bits per heavy atom. The zero-order valence-electron chi connectivity index (χ0n) is 25.5. The van der Waals surface area contributed by atoms with Gasteiger partial charge in [0, 0.05) is 18.4 Å². The molecule has 39 heavy (non-hydrogen) atoms. The van der Waals surface area contributed by atoms with Crippen LogP contribution < -0.4 is 0 Å². The second-order valence-electron chi connectivity index (χ2n) is 14.2. The van der Waals surface area contributed by atoms with Crippen LogP contribution in [0.4, 0.5) is 0 Å². The molecule has 1 heterocycles. The average Bonchev–Trinajstić information content (AvgIpc) is 3.34. The van der Waals surface area contributed by atoms with Crippen molar-refractivity contribution in [3.8, 4) is 0 Å². The van der Waals surface area contributed by atoms with Gasteiger partial charge in [-0.15, -0.1) is 0 Å². The maximum atomic E-state index is 13.9. The average molecular weight is 567 g/mol. The lowest BCUT2D eigenvalue weighted by Crippen LogP contribution is -2.51. The quantitative estimate of drug-likeness (QED) is 0.114. The first-order valence-electron chi connectivity index (χ1n) is 14.6. The molecule has 0 amide bonds. The van der Waals surface area contributed by atoms with Gasteiger partial charge in [-0.3, -0.25) is 4.79 Å². The maximum absolute atomic E-state index is 13.9. The second kappa shape index (κ2) is 10.9. The van der Waals surface area contributed by atoms with E-state index < -0.39 is 36.8 Å². The molecule has 1 saturated heterocycles. The zero-order valence-corrected chi connectivity index (χ0v) is 26.5. The molecule has 222 valence electrons. The summed E-state index contributed by atoms with van der Waals surface area (Å²) in [5.41, 5.74) is -2.60. The van der Waals surface area contributed by atoms with Crippen molar-refractivity contribution >= 4 is 20.3 Å². The molecule has 0 spiro atoms. The van der Waals surface area contributed by atoms with Crippen LogP contribution in [-0.2, 0) is 37.7 Å². The summed E-state index contributed by atoms with van der Waals surface area (Å²) in [6.45, 7) is 18.3. The van der Waals surface area contributed by atoms with Crippen molar-refractivity contribution in [2.45, 2.75) is 116 Å². The largest absolute Gasteiger partial charge is 0.455 e. The van der Waals surface area contributed by atoms with Gasteiger partial charge in [-0.1, -0.05) is 40.7 Å². The summed E-state index contributed by atoms with van der Waals surface area (Å²) >= 11 is 0. The molecule has 2 bridgehead atoms. The van der Waals surface area contributed by atoms with E-state index in [-0.39, 0.29) is 41.8 Å². The van der Waals surface area contributed by atoms with Gasteiger partial charge in [0.25, 0.3) is 0 Å². The predicted molar refractivity (Wildman–Crippen MR) is 149 cm³/mol. The van der Waals surface area contributed by atoms with Crippen LogP contribution in [0, 0.1) is 22.7 Å². The molecule has 0 aromatic carbocycles. The third-order valence-electron chi connectivity index (χ3n) is 11.0. The smallest absolute Gasteiger partial charge is 0.351 e. The Morgan fingerprint density at radius 3 is 2.41 bits per heavy atom. The number of methoxy groups -OCH3 is 1. The third-order valence-corrected chi connectivity index (χ3v) is 15.5. The highest BCUT2D eigenvalue weighted by Gasteiger charge is 2.76. The fraction of sp³-hybridized carbons (Fsp3) is 0.867. The van der Waals surface area contributed by atoms with Crippen LogP contribution in [-0.4, -0.2) is 71.3 Å². The molecule has 3 fully saturated rings. The SMILES string of the molecule is COCCOCO[C@H]1CC[C@@H]2[C@H]1[C@@H](OC(=O)[C@@]13CC[C@@](C)(C(=O)O1)C3(C)C)C=CC[C@@H]2O[Si](C)(C)C(C)(C)C. The lowest BCUT2D eigenvalue weighted by Gasteiger charge is -2.42. The van der Waals surface area contributed by atoms with Crippen molar-refractivity contribution in [3.05, 3.63) is 12.2 Å². The Hall–Kier alpha value is -1.26. The highest BCUT2D eigenvalue weighted by molar-refractivity contribution is 6.74. The number of carbonyl (C=O) groups excluding carboxylic acids is 2. The predicted octanol–water partition coefficient (Wildman–Crippen LogP) is 5.40. The monoisotopic (exact) mass is 566 g/mol. The van der Waals surface area contributed by atoms with E-state index in [9.17, 15) is 9.59 Å². The number of fused-ring (bicyclic) bond motifs is 3. The molecule has 1 aliphatic heterocycles. The molecular weight excluding hydrogens is 516 g/mol. The van der Waals surface area contributed by atoms with Crippen molar-refractivity contribution in [1.82, 2.24) is 0 Å². The highest BCUT2D eigenvalue weighted by atomic mass is 28.4. The second-order valence-corrected chi connectivity index (χ2v) is 18.9. The zero-order chi connectivity index (χ0) is 28.9. The number of hydrogen-bond donors (Lipinski definition) is 0. The first-order chi connectivity index (χ1) is 18.1. The molecule has 0 radical (unpaired) electrons. The van der Waals surface area contributed by atoms with Crippen LogP contribution in [0.5, 0.6) is 0 Å². The molecule has 9 heteroatoms. The van der Waals surface area contributed by atoms with Crippen molar-refractivity contribution < 1.29 is 37.7 Å². The summed E-state index contributed by atoms with van der Waals surface area (Å²) in [6.07, 6.45) is 7.11. The molecule has 7 atom stereocenters. The minimum atomic E-state index is -2.04. The molecule has 0 N–H and O–H groups in total. The van der Waals surface area contributed by atoms with Gasteiger partial charge in [0.05, 0.1) is 30.8 Å². The Balaban J connectivity index is 1.57. The van der Waals surface area contributed by atoms with E-state index in [4.69, 9.17) is 28.1 Å². The summed E-state index contributed by atoms with van der Waals surface area (Å²) in [7, 11) is -0.399. The van der Waals surface area contributed by atoms with Gasteiger partial charge < -0.3 is 28.1 Å². The van der Waals surface area contributed by atoms with Gasteiger partial charge in [-0.2, -0.15) is 0 Å². The molecule has 0 aromatic heterocycles. The van der Waals surface area contributed by atoms with E-state index in [0.717, 1.165) is 19.3 Å². The summed E-state index contributed by atoms with van der Waals surface area (Å²) in [5.74, 6) is -0.663. The Kier molecular flexibility index (Phi) is 8.54. The molecule has 2 saturated carbocycles. The molecule has 3 aliphatic carbocycles. The fourth-order valence-corrected chi connectivity index (χ4v) is 8.20. The van der Waals surface area contributed by atoms with Gasteiger partial charge in [0.2, 0.25) is 5.60 Å². The lowest BCUT2D eigenvalue weighted by atomic mass is 9.66. The van der Waals surface area contributed by atoms with Crippen LogP contribution in [0.2, 0.25) is 18.1 Å². The standard InChI is InChI=1S/C30H50O8Si/c1-27(2,3)39(8,9)38-21-11-10-12-23(24-20(21)13-14-22(24)35-19-34-18-17-33-7)36-26(32)30-16-15-29(6,25(31)37-30)28(30,4)5/h10,12,20-24H,11,13-19H2,1-9H3/t20-,21-,22-,23-,24+,29-,30+/m0/s1. The van der Waals surface area contributed by atoms with E-state index in [0.29, 0.717) is 26.1 Å². The van der Waals surface area contributed by atoms with Crippen LogP contribution in [0.15, 0.2) is 12.2 Å². The minimum absolute atomic E-state index is 0.0209. The normalized spacial score (nSPS) is 37.5. The third kappa shape index (κ3) is 5.15. The van der Waals surface area contributed by atoms with Crippen molar-refractivity contribution in [2.75, 3.05) is 27.1 Å². The number of rotatable bonds is 10. The first-order valence-corrected chi connectivity index (χ1v) is 17.5.